The first-order valence-corrected chi connectivity index (χ1v) is 9.77. The second kappa shape index (κ2) is 7.78. The lowest BCUT2D eigenvalue weighted by Gasteiger charge is -2.34. The molecule has 2 aromatic rings. The van der Waals surface area contributed by atoms with Gasteiger partial charge in [-0.05, 0) is 48.7 Å². The van der Waals surface area contributed by atoms with E-state index >= 15 is 0 Å². The maximum atomic E-state index is 13.7. The summed E-state index contributed by atoms with van der Waals surface area (Å²) in [5.74, 6) is -1.22. The standard InChI is InChI=1S/C22H22FN3O4/c1-12-2-5-14(9-17(12)23)20(28)24-15-10-19-21(29)25-18(22(30)26(19)11-15)8-13-3-6-16(27)7-4-13/h2-7,9,15,18-19,27H,8,10-11H2,1H3,(H,24,28)(H,25,29)/t15-,18-,19-/m0/s1. The van der Waals surface area contributed by atoms with E-state index in [0.29, 0.717) is 18.4 Å². The number of phenolic OH excluding ortho intramolecular Hbond substituents is 1. The fourth-order valence-electron chi connectivity index (χ4n) is 3.97. The number of carbonyl (C=O) groups is 3. The van der Waals surface area contributed by atoms with Crippen LogP contribution in [0, 0.1) is 12.7 Å². The van der Waals surface area contributed by atoms with E-state index in [-0.39, 0.29) is 29.7 Å². The predicted octanol–water partition coefficient (Wildman–Crippen LogP) is 1.28. The van der Waals surface area contributed by atoms with Crippen LogP contribution in [-0.4, -0.2) is 52.4 Å². The normalized spacial score (nSPS) is 23.1. The molecule has 0 radical (unpaired) electrons. The average Bonchev–Trinajstić information content (AvgIpc) is 3.14. The van der Waals surface area contributed by atoms with Crippen molar-refractivity contribution in [2.45, 2.75) is 37.9 Å². The largest absolute Gasteiger partial charge is 0.508 e. The Morgan fingerprint density at radius 1 is 1.23 bits per heavy atom. The van der Waals surface area contributed by atoms with Gasteiger partial charge in [0.1, 0.15) is 23.7 Å². The molecule has 2 heterocycles. The lowest BCUT2D eigenvalue weighted by atomic mass is 10.0. The quantitative estimate of drug-likeness (QED) is 0.706. The molecule has 2 saturated heterocycles. The molecule has 3 N–H and O–H groups in total. The molecule has 2 aromatic carbocycles. The van der Waals surface area contributed by atoms with Gasteiger partial charge in [-0.15, -0.1) is 0 Å². The van der Waals surface area contributed by atoms with Crippen LogP contribution in [0.3, 0.4) is 0 Å². The molecule has 2 aliphatic heterocycles. The summed E-state index contributed by atoms with van der Waals surface area (Å²) in [5, 5.41) is 15.0. The first kappa shape index (κ1) is 19.9. The number of aryl methyl sites for hydroxylation is 1. The maximum Gasteiger partial charge on any atom is 0.251 e. The molecule has 2 aliphatic rings. The first-order valence-electron chi connectivity index (χ1n) is 9.77. The van der Waals surface area contributed by atoms with Crippen LogP contribution in [0.4, 0.5) is 4.39 Å². The van der Waals surface area contributed by atoms with Crippen molar-refractivity contribution in [2.24, 2.45) is 0 Å². The van der Waals surface area contributed by atoms with Gasteiger partial charge in [-0.3, -0.25) is 14.4 Å². The van der Waals surface area contributed by atoms with Gasteiger partial charge in [0.25, 0.3) is 5.91 Å². The highest BCUT2D eigenvalue weighted by atomic mass is 19.1. The van der Waals surface area contributed by atoms with Crippen molar-refractivity contribution < 1.29 is 23.9 Å². The summed E-state index contributed by atoms with van der Waals surface area (Å²) < 4.78 is 13.7. The summed E-state index contributed by atoms with van der Waals surface area (Å²) >= 11 is 0. The number of halogens is 1. The Morgan fingerprint density at radius 2 is 1.97 bits per heavy atom. The van der Waals surface area contributed by atoms with E-state index in [0.717, 1.165) is 5.56 Å². The van der Waals surface area contributed by atoms with Gasteiger partial charge in [-0.2, -0.15) is 0 Å². The van der Waals surface area contributed by atoms with Crippen LogP contribution in [0.25, 0.3) is 0 Å². The summed E-state index contributed by atoms with van der Waals surface area (Å²) in [6, 6.07) is 9.00. The zero-order chi connectivity index (χ0) is 21.4. The molecule has 3 amide bonds. The lowest BCUT2D eigenvalue weighted by molar-refractivity contribution is -0.147. The Hall–Kier alpha value is -3.42. The van der Waals surface area contributed by atoms with Gasteiger partial charge in [-0.25, -0.2) is 4.39 Å². The monoisotopic (exact) mass is 411 g/mol. The first-order chi connectivity index (χ1) is 14.3. The van der Waals surface area contributed by atoms with Crippen molar-refractivity contribution in [1.29, 1.82) is 0 Å². The molecule has 30 heavy (non-hydrogen) atoms. The number of nitrogens with zero attached hydrogens (tertiary/aromatic N) is 1. The van der Waals surface area contributed by atoms with Gasteiger partial charge < -0.3 is 20.6 Å². The van der Waals surface area contributed by atoms with Crippen LogP contribution in [-0.2, 0) is 16.0 Å². The second-order valence-electron chi connectivity index (χ2n) is 7.81. The Kier molecular flexibility index (Phi) is 5.15. The van der Waals surface area contributed by atoms with E-state index in [1.165, 1.54) is 29.2 Å². The molecule has 2 fully saturated rings. The van der Waals surface area contributed by atoms with E-state index in [4.69, 9.17) is 0 Å². The third-order valence-electron chi connectivity index (χ3n) is 5.65. The molecule has 0 bridgehead atoms. The number of aromatic hydroxyl groups is 1. The fourth-order valence-corrected chi connectivity index (χ4v) is 3.97. The van der Waals surface area contributed by atoms with Gasteiger partial charge >= 0.3 is 0 Å². The number of phenols is 1. The van der Waals surface area contributed by atoms with Crippen LogP contribution in [0.1, 0.15) is 27.9 Å². The molecule has 7 nitrogen and oxygen atoms in total. The second-order valence-corrected chi connectivity index (χ2v) is 7.81. The van der Waals surface area contributed by atoms with Gasteiger partial charge in [0.15, 0.2) is 0 Å². The van der Waals surface area contributed by atoms with Crippen molar-refractivity contribution in [3.05, 3.63) is 65.0 Å². The van der Waals surface area contributed by atoms with E-state index in [1.807, 2.05) is 0 Å². The zero-order valence-corrected chi connectivity index (χ0v) is 16.4. The molecular formula is C22H22FN3O4. The van der Waals surface area contributed by atoms with Crippen LogP contribution in [0.15, 0.2) is 42.5 Å². The fraction of sp³-hybridized carbons (Fsp3) is 0.318. The Balaban J connectivity index is 1.42. The van der Waals surface area contributed by atoms with E-state index in [1.54, 1.807) is 25.1 Å². The number of rotatable bonds is 4. The molecule has 4 rings (SSSR count). The smallest absolute Gasteiger partial charge is 0.251 e. The van der Waals surface area contributed by atoms with Crippen LogP contribution in [0.5, 0.6) is 5.75 Å². The summed E-state index contributed by atoms with van der Waals surface area (Å²) in [6.07, 6.45) is 0.622. The molecule has 3 atom stereocenters. The van der Waals surface area contributed by atoms with E-state index in [9.17, 15) is 23.9 Å². The number of benzene rings is 2. The van der Waals surface area contributed by atoms with Crippen LogP contribution >= 0.6 is 0 Å². The highest BCUT2D eigenvalue weighted by Gasteiger charge is 2.46. The van der Waals surface area contributed by atoms with Gasteiger partial charge in [0.05, 0.1) is 0 Å². The molecule has 156 valence electrons. The summed E-state index contributed by atoms with van der Waals surface area (Å²) in [5.41, 5.74) is 1.46. The van der Waals surface area contributed by atoms with Gasteiger partial charge in [-0.1, -0.05) is 18.2 Å². The van der Waals surface area contributed by atoms with Crippen molar-refractivity contribution in [3.63, 3.8) is 0 Å². The number of nitrogens with one attached hydrogen (secondary N) is 2. The Morgan fingerprint density at radius 3 is 2.67 bits per heavy atom. The lowest BCUT2D eigenvalue weighted by Crippen LogP contribution is -2.61. The van der Waals surface area contributed by atoms with Crippen molar-refractivity contribution in [2.75, 3.05) is 6.54 Å². The number of amides is 3. The number of carbonyl (C=O) groups excluding carboxylic acids is 3. The highest BCUT2D eigenvalue weighted by molar-refractivity contribution is 5.98. The van der Waals surface area contributed by atoms with Crippen LogP contribution in [0.2, 0.25) is 0 Å². The average molecular weight is 411 g/mol. The van der Waals surface area contributed by atoms with Gasteiger partial charge in [0.2, 0.25) is 11.8 Å². The third-order valence-corrected chi connectivity index (χ3v) is 5.65. The SMILES string of the molecule is Cc1ccc(C(=O)N[C@H]2C[C@H]3C(=O)N[C@@H](Cc4ccc(O)cc4)C(=O)N3C2)cc1F. The minimum absolute atomic E-state index is 0.129. The molecule has 0 unspecified atom stereocenters. The third kappa shape index (κ3) is 3.85. The molecule has 8 heteroatoms. The molecule has 0 saturated carbocycles. The number of hydrogen-bond acceptors (Lipinski definition) is 4. The Labute approximate surface area is 172 Å². The Bertz CT molecular complexity index is 1010. The minimum atomic E-state index is -0.695. The van der Waals surface area contributed by atoms with Crippen molar-refractivity contribution in [3.8, 4) is 5.75 Å². The van der Waals surface area contributed by atoms with Crippen molar-refractivity contribution in [1.82, 2.24) is 15.5 Å². The minimum Gasteiger partial charge on any atom is -0.508 e. The molecule has 0 spiro atoms. The van der Waals surface area contributed by atoms with E-state index in [2.05, 4.69) is 10.6 Å². The summed E-state index contributed by atoms with van der Waals surface area (Å²) in [7, 11) is 0. The summed E-state index contributed by atoms with van der Waals surface area (Å²) in [4.78, 5) is 39.4. The van der Waals surface area contributed by atoms with Gasteiger partial charge in [0, 0.05) is 24.6 Å². The zero-order valence-electron chi connectivity index (χ0n) is 16.4. The number of hydrogen-bond donors (Lipinski definition) is 3. The summed E-state index contributed by atoms with van der Waals surface area (Å²) in [6.45, 7) is 1.84. The topological polar surface area (TPSA) is 98.7 Å². The molecule has 0 aliphatic carbocycles. The number of piperazine rings is 1. The molecule has 0 aromatic heterocycles. The highest BCUT2D eigenvalue weighted by Crippen LogP contribution is 2.24. The van der Waals surface area contributed by atoms with Crippen molar-refractivity contribution >= 4 is 17.7 Å². The van der Waals surface area contributed by atoms with Crippen LogP contribution < -0.4 is 10.6 Å². The molecular weight excluding hydrogens is 389 g/mol. The van der Waals surface area contributed by atoms with E-state index < -0.39 is 29.8 Å². The predicted molar refractivity (Wildman–Crippen MR) is 106 cm³/mol. The number of fused-ring (bicyclic) bond motifs is 1. The maximum absolute atomic E-state index is 13.7.